The summed E-state index contributed by atoms with van der Waals surface area (Å²) in [5.74, 6) is 2.41. The summed E-state index contributed by atoms with van der Waals surface area (Å²) in [7, 11) is 2.02. The molecule has 4 heterocycles. The maximum atomic E-state index is 10.4. The van der Waals surface area contributed by atoms with Gasteiger partial charge in [0.1, 0.15) is 12.2 Å². The number of fused-ring (bicyclic) bond motifs is 1. The molecule has 0 aromatic carbocycles. The summed E-state index contributed by atoms with van der Waals surface area (Å²) in [6.45, 7) is 8.84. The Morgan fingerprint density at radius 1 is 1.28 bits per heavy atom. The number of aryl methyl sites for hydroxylation is 1. The van der Waals surface area contributed by atoms with Crippen molar-refractivity contribution in [1.29, 1.82) is 0 Å². The number of morpholine rings is 1. The van der Waals surface area contributed by atoms with Crippen LogP contribution in [-0.4, -0.2) is 79.9 Å². The van der Waals surface area contributed by atoms with Crippen LogP contribution in [0.3, 0.4) is 0 Å². The molecule has 0 spiro atoms. The van der Waals surface area contributed by atoms with Gasteiger partial charge in [0.05, 0.1) is 37.3 Å². The van der Waals surface area contributed by atoms with E-state index in [-0.39, 0.29) is 17.8 Å². The van der Waals surface area contributed by atoms with Crippen molar-refractivity contribution >= 4 is 28.6 Å². The van der Waals surface area contributed by atoms with Gasteiger partial charge in [0.2, 0.25) is 0 Å². The highest BCUT2D eigenvalue weighted by atomic mass is 35.5. The molecule has 0 bridgehead atoms. The number of piperidine rings is 1. The quantitative estimate of drug-likeness (QED) is 0.736. The van der Waals surface area contributed by atoms with Gasteiger partial charge in [-0.05, 0) is 45.7 Å². The van der Waals surface area contributed by atoms with Crippen LogP contribution < -0.4 is 4.90 Å². The first-order valence-electron chi connectivity index (χ1n) is 10.4. The molecule has 2 aromatic heterocycles. The van der Waals surface area contributed by atoms with Crippen molar-refractivity contribution in [3.05, 3.63) is 12.2 Å². The van der Waals surface area contributed by atoms with Gasteiger partial charge in [-0.25, -0.2) is 15.0 Å². The van der Waals surface area contributed by atoms with Gasteiger partial charge < -0.3 is 19.3 Å². The molecule has 2 unspecified atom stereocenters. The van der Waals surface area contributed by atoms with Gasteiger partial charge in [-0.2, -0.15) is 0 Å². The normalized spacial score (nSPS) is 24.2. The Balaban J connectivity index is 1.52. The smallest absolute Gasteiger partial charge is 0.165 e. The Morgan fingerprint density at radius 3 is 2.72 bits per heavy atom. The number of hydrogen-bond donors (Lipinski definition) is 1. The molecular weight excluding hydrogens is 392 g/mol. The van der Waals surface area contributed by atoms with Crippen molar-refractivity contribution in [2.45, 2.75) is 44.9 Å². The second kappa shape index (κ2) is 8.34. The van der Waals surface area contributed by atoms with Crippen molar-refractivity contribution in [3.63, 3.8) is 0 Å². The van der Waals surface area contributed by atoms with Crippen molar-refractivity contribution in [2.75, 3.05) is 43.6 Å². The molecule has 2 aliphatic heterocycles. The van der Waals surface area contributed by atoms with Crippen LogP contribution in [0.1, 0.15) is 32.5 Å². The molecule has 0 amide bonds. The molecule has 2 fully saturated rings. The number of anilines is 1. The first-order chi connectivity index (χ1) is 13.9. The van der Waals surface area contributed by atoms with Crippen molar-refractivity contribution < 1.29 is 9.84 Å². The number of aliphatic hydroxyl groups is 1. The Kier molecular flexibility index (Phi) is 5.97. The van der Waals surface area contributed by atoms with E-state index in [0.29, 0.717) is 13.2 Å². The third-order valence-electron chi connectivity index (χ3n) is 6.47. The number of halogens is 1. The lowest BCUT2D eigenvalue weighted by Crippen LogP contribution is -2.44. The number of likely N-dealkylation sites (tertiary alicyclic amines) is 1. The number of hydrogen-bond acceptors (Lipinski definition) is 7. The largest absolute Gasteiger partial charge is 0.389 e. The molecule has 0 saturated carbocycles. The standard InChI is InChI=1S/C20H31ClN6O2/c1-14-11-29-9-8-27(14)19-17-18(22-13-23-19)25(3)16(24-17)10-26-6-4-15(5-7-26)20(2,28)12-21/h13-15,28H,4-12H2,1-3H3. The Hall–Kier alpha value is -1.48. The van der Waals surface area contributed by atoms with E-state index in [1.165, 1.54) is 0 Å². The lowest BCUT2D eigenvalue weighted by Gasteiger charge is -2.38. The number of rotatable bonds is 5. The number of nitrogens with zero attached hydrogens (tertiary/aromatic N) is 6. The van der Waals surface area contributed by atoms with Crippen LogP contribution in [-0.2, 0) is 18.3 Å². The highest BCUT2D eigenvalue weighted by molar-refractivity contribution is 6.18. The summed E-state index contributed by atoms with van der Waals surface area (Å²) in [5, 5.41) is 10.4. The summed E-state index contributed by atoms with van der Waals surface area (Å²) in [5.41, 5.74) is 0.938. The van der Waals surface area contributed by atoms with E-state index >= 15 is 0 Å². The highest BCUT2D eigenvalue weighted by Gasteiger charge is 2.34. The number of ether oxygens (including phenoxy) is 1. The van der Waals surface area contributed by atoms with Gasteiger partial charge in [0.15, 0.2) is 17.0 Å². The van der Waals surface area contributed by atoms with Crippen LogP contribution in [0.4, 0.5) is 5.82 Å². The van der Waals surface area contributed by atoms with Crippen LogP contribution in [0, 0.1) is 5.92 Å². The average Bonchev–Trinajstić information content (AvgIpc) is 3.04. The van der Waals surface area contributed by atoms with Crippen molar-refractivity contribution in [1.82, 2.24) is 24.4 Å². The Morgan fingerprint density at radius 2 is 2.03 bits per heavy atom. The summed E-state index contributed by atoms with van der Waals surface area (Å²) in [6.07, 6.45) is 3.52. The fourth-order valence-corrected chi connectivity index (χ4v) is 4.67. The number of imidazole rings is 1. The second-order valence-electron chi connectivity index (χ2n) is 8.62. The van der Waals surface area contributed by atoms with Gasteiger partial charge in [0, 0.05) is 13.6 Å². The molecular formula is C20H31ClN6O2. The first kappa shape index (κ1) is 20.8. The van der Waals surface area contributed by atoms with Crippen LogP contribution in [0.25, 0.3) is 11.2 Å². The molecule has 4 rings (SSSR count). The molecule has 8 nitrogen and oxygen atoms in total. The summed E-state index contributed by atoms with van der Waals surface area (Å²) < 4.78 is 7.65. The zero-order valence-corrected chi connectivity index (χ0v) is 18.3. The second-order valence-corrected chi connectivity index (χ2v) is 8.88. The van der Waals surface area contributed by atoms with Gasteiger partial charge in [-0.3, -0.25) is 4.90 Å². The van der Waals surface area contributed by atoms with Crippen LogP contribution in [0.5, 0.6) is 0 Å². The molecule has 9 heteroatoms. The van der Waals surface area contributed by atoms with E-state index in [1.807, 2.05) is 14.0 Å². The molecule has 2 saturated heterocycles. The van der Waals surface area contributed by atoms with E-state index in [4.69, 9.17) is 21.3 Å². The third-order valence-corrected chi connectivity index (χ3v) is 7.01. The fraction of sp³-hybridized carbons (Fsp3) is 0.750. The van der Waals surface area contributed by atoms with Gasteiger partial charge >= 0.3 is 0 Å². The molecule has 160 valence electrons. The van der Waals surface area contributed by atoms with Crippen LogP contribution in [0.15, 0.2) is 6.33 Å². The summed E-state index contributed by atoms with van der Waals surface area (Å²) in [4.78, 5) is 18.7. The van der Waals surface area contributed by atoms with Gasteiger partial charge in [-0.15, -0.1) is 11.6 Å². The maximum absolute atomic E-state index is 10.4. The molecule has 1 N–H and O–H groups in total. The fourth-order valence-electron chi connectivity index (χ4n) is 4.45. The van der Waals surface area contributed by atoms with E-state index < -0.39 is 5.60 Å². The van der Waals surface area contributed by atoms with E-state index in [9.17, 15) is 5.11 Å². The highest BCUT2D eigenvalue weighted by Crippen LogP contribution is 2.30. The van der Waals surface area contributed by atoms with Crippen LogP contribution in [0.2, 0.25) is 0 Å². The third kappa shape index (κ3) is 4.08. The van der Waals surface area contributed by atoms with Gasteiger partial charge in [0.25, 0.3) is 0 Å². The summed E-state index contributed by atoms with van der Waals surface area (Å²) in [6, 6.07) is 0.265. The predicted molar refractivity (Wildman–Crippen MR) is 113 cm³/mol. The molecule has 2 aromatic rings. The minimum Gasteiger partial charge on any atom is -0.389 e. The topological polar surface area (TPSA) is 79.5 Å². The first-order valence-corrected chi connectivity index (χ1v) is 11.0. The number of aromatic nitrogens is 4. The molecule has 0 aliphatic carbocycles. The zero-order valence-electron chi connectivity index (χ0n) is 17.5. The molecule has 29 heavy (non-hydrogen) atoms. The van der Waals surface area contributed by atoms with E-state index in [2.05, 4.69) is 31.3 Å². The molecule has 2 atom stereocenters. The Bertz CT molecular complexity index is 849. The SMILES string of the molecule is CC1COCCN1c1ncnc2c1nc(CN1CCC(C(C)(O)CCl)CC1)n2C. The average molecular weight is 423 g/mol. The Labute approximate surface area is 176 Å². The predicted octanol–water partition coefficient (Wildman–Crippen LogP) is 1.79. The van der Waals surface area contributed by atoms with E-state index in [0.717, 1.165) is 61.8 Å². The maximum Gasteiger partial charge on any atom is 0.165 e. The monoisotopic (exact) mass is 422 g/mol. The lowest BCUT2D eigenvalue weighted by molar-refractivity contribution is -0.0111. The van der Waals surface area contributed by atoms with Crippen molar-refractivity contribution in [3.8, 4) is 0 Å². The molecule has 0 radical (unpaired) electrons. The van der Waals surface area contributed by atoms with Crippen LogP contribution >= 0.6 is 11.6 Å². The van der Waals surface area contributed by atoms with Crippen molar-refractivity contribution in [2.24, 2.45) is 13.0 Å². The lowest BCUT2D eigenvalue weighted by atomic mass is 9.83. The zero-order chi connectivity index (χ0) is 20.6. The van der Waals surface area contributed by atoms with Gasteiger partial charge in [-0.1, -0.05) is 0 Å². The number of alkyl halides is 1. The molecule has 2 aliphatic rings. The van der Waals surface area contributed by atoms with E-state index in [1.54, 1.807) is 6.33 Å². The summed E-state index contributed by atoms with van der Waals surface area (Å²) >= 11 is 5.95. The minimum atomic E-state index is -0.787. The minimum absolute atomic E-state index is 0.247.